The Bertz CT molecular complexity index is 404. The molecule has 0 aromatic heterocycles. The minimum Gasteiger partial charge on any atom is -0.347 e. The van der Waals surface area contributed by atoms with E-state index in [1.165, 1.54) is 5.56 Å². The highest BCUT2D eigenvalue weighted by Gasteiger charge is 2.55. The molecular weight excluding hydrogens is 228 g/mol. The van der Waals surface area contributed by atoms with Gasteiger partial charge in [-0.3, -0.25) is 4.84 Å². The van der Waals surface area contributed by atoms with E-state index in [2.05, 4.69) is 29.6 Å². The zero-order valence-electron chi connectivity index (χ0n) is 10.9. The highest BCUT2D eigenvalue weighted by atomic mass is 16.8. The SMILES string of the molecule is CN[C@H]1[C@@H](c2ccccc2)N(C)O[C@]12CCCO2. The zero-order chi connectivity index (χ0) is 12.6. The first kappa shape index (κ1) is 12.1. The fourth-order valence-electron chi connectivity index (χ4n) is 3.19. The van der Waals surface area contributed by atoms with Gasteiger partial charge in [0.1, 0.15) is 0 Å². The maximum absolute atomic E-state index is 6.03. The summed E-state index contributed by atoms with van der Waals surface area (Å²) in [5.74, 6) is -0.482. The number of hydrogen-bond donors (Lipinski definition) is 1. The highest BCUT2D eigenvalue weighted by molar-refractivity contribution is 5.23. The summed E-state index contributed by atoms with van der Waals surface area (Å²) in [7, 11) is 3.96. The second-order valence-corrected chi connectivity index (χ2v) is 5.02. The lowest BCUT2D eigenvalue weighted by atomic mass is 9.93. The monoisotopic (exact) mass is 248 g/mol. The van der Waals surface area contributed by atoms with Gasteiger partial charge in [-0.05, 0) is 19.0 Å². The molecule has 4 nitrogen and oxygen atoms in total. The molecular formula is C14H20N2O2. The van der Waals surface area contributed by atoms with Crippen LogP contribution in [0.4, 0.5) is 0 Å². The minimum atomic E-state index is -0.482. The molecule has 2 aliphatic heterocycles. The van der Waals surface area contributed by atoms with E-state index < -0.39 is 5.79 Å². The molecule has 4 heteroatoms. The van der Waals surface area contributed by atoms with Crippen LogP contribution < -0.4 is 5.32 Å². The normalized spacial score (nSPS) is 36.6. The first-order valence-electron chi connectivity index (χ1n) is 6.55. The van der Waals surface area contributed by atoms with Crippen molar-refractivity contribution in [2.75, 3.05) is 20.7 Å². The molecule has 18 heavy (non-hydrogen) atoms. The van der Waals surface area contributed by atoms with Gasteiger partial charge < -0.3 is 10.1 Å². The van der Waals surface area contributed by atoms with Crippen LogP contribution in [0.5, 0.6) is 0 Å². The Morgan fingerprint density at radius 1 is 1.33 bits per heavy atom. The summed E-state index contributed by atoms with van der Waals surface area (Å²) in [6, 6.07) is 10.8. The molecule has 0 unspecified atom stereocenters. The Balaban J connectivity index is 1.94. The highest BCUT2D eigenvalue weighted by Crippen LogP contribution is 2.45. The predicted molar refractivity (Wildman–Crippen MR) is 68.8 cm³/mol. The Labute approximate surface area is 108 Å². The smallest absolute Gasteiger partial charge is 0.205 e. The molecule has 2 fully saturated rings. The van der Waals surface area contributed by atoms with Gasteiger partial charge in [0.05, 0.1) is 18.7 Å². The number of nitrogens with zero attached hydrogens (tertiary/aromatic N) is 1. The number of ether oxygens (including phenoxy) is 1. The zero-order valence-corrected chi connectivity index (χ0v) is 10.9. The molecule has 2 saturated heterocycles. The van der Waals surface area contributed by atoms with E-state index in [1.807, 2.05) is 25.2 Å². The average Bonchev–Trinajstić information content (AvgIpc) is 2.96. The Morgan fingerprint density at radius 2 is 2.11 bits per heavy atom. The van der Waals surface area contributed by atoms with Crippen LogP contribution in [0.3, 0.4) is 0 Å². The third-order valence-corrected chi connectivity index (χ3v) is 3.95. The summed E-state index contributed by atoms with van der Waals surface area (Å²) < 4.78 is 5.90. The largest absolute Gasteiger partial charge is 0.347 e. The molecule has 0 radical (unpaired) electrons. The number of benzene rings is 1. The van der Waals surface area contributed by atoms with E-state index >= 15 is 0 Å². The molecule has 0 amide bonds. The fourth-order valence-corrected chi connectivity index (χ4v) is 3.19. The molecule has 0 bridgehead atoms. The molecule has 1 spiro atoms. The first-order valence-corrected chi connectivity index (χ1v) is 6.55. The molecule has 98 valence electrons. The van der Waals surface area contributed by atoms with Crippen LogP contribution in [-0.4, -0.2) is 37.6 Å². The molecule has 1 aromatic carbocycles. The Morgan fingerprint density at radius 3 is 2.72 bits per heavy atom. The van der Waals surface area contributed by atoms with Gasteiger partial charge in [-0.1, -0.05) is 30.3 Å². The Kier molecular flexibility index (Phi) is 3.11. The maximum atomic E-state index is 6.03. The van der Waals surface area contributed by atoms with Crippen molar-refractivity contribution in [2.45, 2.75) is 30.7 Å². The van der Waals surface area contributed by atoms with Crippen molar-refractivity contribution >= 4 is 0 Å². The summed E-state index contributed by atoms with van der Waals surface area (Å²) in [5, 5.41) is 5.32. The summed E-state index contributed by atoms with van der Waals surface area (Å²) in [4.78, 5) is 6.03. The number of hydroxylamine groups is 2. The van der Waals surface area contributed by atoms with Crippen molar-refractivity contribution in [3.63, 3.8) is 0 Å². The van der Waals surface area contributed by atoms with Gasteiger partial charge in [-0.15, -0.1) is 0 Å². The third kappa shape index (κ3) is 1.77. The number of likely N-dealkylation sites (N-methyl/N-ethyl adjacent to an activating group) is 2. The first-order chi connectivity index (χ1) is 8.77. The third-order valence-electron chi connectivity index (χ3n) is 3.95. The van der Waals surface area contributed by atoms with Gasteiger partial charge in [-0.25, -0.2) is 0 Å². The van der Waals surface area contributed by atoms with E-state index in [4.69, 9.17) is 9.57 Å². The lowest BCUT2D eigenvalue weighted by Gasteiger charge is -2.29. The van der Waals surface area contributed by atoms with Crippen LogP contribution in [0.15, 0.2) is 30.3 Å². The summed E-state index contributed by atoms with van der Waals surface area (Å²) in [6.07, 6.45) is 2.01. The molecule has 2 aliphatic rings. The second-order valence-electron chi connectivity index (χ2n) is 5.02. The van der Waals surface area contributed by atoms with Gasteiger partial charge in [0.2, 0.25) is 5.79 Å². The van der Waals surface area contributed by atoms with Crippen molar-refractivity contribution in [3.05, 3.63) is 35.9 Å². The summed E-state index contributed by atoms with van der Waals surface area (Å²) >= 11 is 0. The van der Waals surface area contributed by atoms with E-state index in [0.717, 1.165) is 19.4 Å². The average molecular weight is 248 g/mol. The summed E-state index contributed by atoms with van der Waals surface area (Å²) in [6.45, 7) is 0.785. The van der Waals surface area contributed by atoms with Crippen molar-refractivity contribution < 1.29 is 9.57 Å². The van der Waals surface area contributed by atoms with Gasteiger partial charge in [0, 0.05) is 13.5 Å². The van der Waals surface area contributed by atoms with Crippen LogP contribution in [0.25, 0.3) is 0 Å². The van der Waals surface area contributed by atoms with Gasteiger partial charge >= 0.3 is 0 Å². The molecule has 0 saturated carbocycles. The van der Waals surface area contributed by atoms with Gasteiger partial charge in [0.25, 0.3) is 0 Å². The minimum absolute atomic E-state index is 0.160. The van der Waals surface area contributed by atoms with E-state index in [9.17, 15) is 0 Å². The van der Waals surface area contributed by atoms with Crippen molar-refractivity contribution in [2.24, 2.45) is 0 Å². The Hall–Kier alpha value is -0.940. The van der Waals surface area contributed by atoms with Gasteiger partial charge in [-0.2, -0.15) is 5.06 Å². The predicted octanol–water partition coefficient (Wildman–Crippen LogP) is 1.70. The standard InChI is InChI=1S/C14H20N2O2/c1-15-13-12(11-7-4-3-5-8-11)16(2)18-14(13)9-6-10-17-14/h3-5,7-8,12-13,15H,6,9-10H2,1-2H3/t12-,13+,14-/m1/s1. The number of nitrogens with one attached hydrogen (secondary N) is 1. The van der Waals surface area contributed by atoms with E-state index in [1.54, 1.807) is 0 Å². The number of rotatable bonds is 2. The number of hydrogen-bond acceptors (Lipinski definition) is 4. The van der Waals surface area contributed by atoms with Crippen molar-refractivity contribution in [1.29, 1.82) is 0 Å². The van der Waals surface area contributed by atoms with Crippen LogP contribution in [-0.2, 0) is 9.57 Å². The van der Waals surface area contributed by atoms with Crippen molar-refractivity contribution in [3.8, 4) is 0 Å². The molecule has 2 heterocycles. The summed E-state index contributed by atoms with van der Waals surface area (Å²) in [5.41, 5.74) is 1.26. The molecule has 1 N–H and O–H groups in total. The topological polar surface area (TPSA) is 33.7 Å². The molecule has 1 aromatic rings. The van der Waals surface area contributed by atoms with Crippen LogP contribution >= 0.6 is 0 Å². The lowest BCUT2D eigenvalue weighted by Crippen LogP contribution is -2.48. The van der Waals surface area contributed by atoms with Crippen LogP contribution in [0, 0.1) is 0 Å². The van der Waals surface area contributed by atoms with E-state index in [-0.39, 0.29) is 12.1 Å². The van der Waals surface area contributed by atoms with Crippen molar-refractivity contribution in [1.82, 2.24) is 10.4 Å². The van der Waals surface area contributed by atoms with E-state index in [0.29, 0.717) is 0 Å². The maximum Gasteiger partial charge on any atom is 0.205 e. The lowest BCUT2D eigenvalue weighted by molar-refractivity contribution is -0.283. The van der Waals surface area contributed by atoms with Gasteiger partial charge in [0.15, 0.2) is 0 Å². The molecule has 0 aliphatic carbocycles. The molecule has 3 atom stereocenters. The molecule has 3 rings (SSSR count). The second kappa shape index (κ2) is 4.63. The fraction of sp³-hybridized carbons (Fsp3) is 0.571. The van der Waals surface area contributed by atoms with Crippen LogP contribution in [0.2, 0.25) is 0 Å². The van der Waals surface area contributed by atoms with Crippen LogP contribution in [0.1, 0.15) is 24.4 Å². The quantitative estimate of drug-likeness (QED) is 0.863.